The number of hydrogen-bond donors (Lipinski definition) is 2. The predicted octanol–water partition coefficient (Wildman–Crippen LogP) is 8.59. The highest BCUT2D eigenvalue weighted by atomic mass is 35.5. The molecule has 1 aromatic rings. The van der Waals surface area contributed by atoms with E-state index in [0.29, 0.717) is 41.7 Å². The van der Waals surface area contributed by atoms with Gasteiger partial charge in [0.1, 0.15) is 0 Å². The molecule has 242 valence electrons. The number of fused-ring (bicyclic) bond motifs is 7. The summed E-state index contributed by atoms with van der Waals surface area (Å²) in [6.07, 6.45) is 8.60. The first-order chi connectivity index (χ1) is 20.7. The Morgan fingerprint density at radius 2 is 1.66 bits per heavy atom. The van der Waals surface area contributed by atoms with Crippen LogP contribution in [0.5, 0.6) is 0 Å². The van der Waals surface area contributed by atoms with Gasteiger partial charge in [-0.25, -0.2) is 0 Å². The van der Waals surface area contributed by atoms with Crippen molar-refractivity contribution in [3.63, 3.8) is 0 Å². The van der Waals surface area contributed by atoms with Gasteiger partial charge in [-0.15, -0.1) is 0 Å². The number of benzene rings is 1. The lowest BCUT2D eigenvalue weighted by molar-refractivity contribution is -0.217. The zero-order chi connectivity index (χ0) is 31.8. The van der Waals surface area contributed by atoms with Gasteiger partial charge in [0.05, 0.1) is 18.1 Å². The Kier molecular flexibility index (Phi) is 8.36. The Labute approximate surface area is 271 Å². The minimum atomic E-state index is -0.657. The van der Waals surface area contributed by atoms with E-state index >= 15 is 0 Å². The normalized spacial score (nSPS) is 41.8. The van der Waals surface area contributed by atoms with Gasteiger partial charge < -0.3 is 10.4 Å². The molecule has 1 unspecified atom stereocenters. The van der Waals surface area contributed by atoms with Crippen molar-refractivity contribution in [2.24, 2.45) is 57.2 Å². The van der Waals surface area contributed by atoms with Gasteiger partial charge in [0.2, 0.25) is 0 Å². The fourth-order valence-corrected chi connectivity index (χ4v) is 12.4. The summed E-state index contributed by atoms with van der Waals surface area (Å²) in [6, 6.07) is 7.76. The number of ketones is 2. The third-order valence-corrected chi connectivity index (χ3v) is 14.7. The summed E-state index contributed by atoms with van der Waals surface area (Å²) in [4.78, 5) is 28.2. The monoisotopic (exact) mass is 621 g/mol. The highest BCUT2D eigenvalue weighted by Crippen LogP contribution is 2.76. The molecular formula is C39H56ClNO3. The lowest BCUT2D eigenvalue weighted by atomic mass is 9.33. The van der Waals surface area contributed by atoms with Crippen LogP contribution < -0.4 is 5.32 Å². The number of carbonyl (C=O) groups excluding carboxylic acids is 2. The fraction of sp³-hybridized carbons (Fsp3) is 0.744. The Hall–Kier alpha value is -1.49. The van der Waals surface area contributed by atoms with E-state index in [1.807, 2.05) is 24.3 Å². The number of halogens is 1. The molecule has 0 radical (unpaired) electrons. The summed E-state index contributed by atoms with van der Waals surface area (Å²) in [5.74, 6) is 2.86. The molecule has 0 bridgehead atoms. The molecule has 6 rings (SSSR count). The molecule has 44 heavy (non-hydrogen) atoms. The van der Waals surface area contributed by atoms with E-state index in [0.717, 1.165) is 49.7 Å². The molecule has 9 atom stereocenters. The van der Waals surface area contributed by atoms with Crippen molar-refractivity contribution in [1.82, 2.24) is 5.32 Å². The van der Waals surface area contributed by atoms with E-state index in [1.165, 1.54) is 18.4 Å². The van der Waals surface area contributed by atoms with Crippen LogP contribution in [0, 0.1) is 57.2 Å². The Morgan fingerprint density at radius 1 is 0.955 bits per heavy atom. The van der Waals surface area contributed by atoms with E-state index in [1.54, 1.807) is 0 Å². The molecule has 5 aliphatic rings. The van der Waals surface area contributed by atoms with E-state index in [2.05, 4.69) is 53.8 Å². The van der Waals surface area contributed by atoms with E-state index in [9.17, 15) is 14.7 Å². The highest BCUT2D eigenvalue weighted by Gasteiger charge is 2.70. The molecule has 0 saturated heterocycles. The molecule has 1 aromatic carbocycles. The topological polar surface area (TPSA) is 66.4 Å². The summed E-state index contributed by atoms with van der Waals surface area (Å²) >= 11 is 6.07. The SMILES string of the molecule is CC(C)C1=C2[C@H]3CC[C@@H]4[C@@]5(C)CC[C@H](O)C(C(C)C)[C@@H]5CC[C@@]4(C)[C@]3(C)CC[C@@]2(C(=O)CNCc2ccc(Cl)cc2)CC1=O. The van der Waals surface area contributed by atoms with Crippen molar-refractivity contribution in [1.29, 1.82) is 0 Å². The average Bonchev–Trinajstić information content (AvgIpc) is 3.28. The van der Waals surface area contributed by atoms with Crippen molar-refractivity contribution in [3.05, 3.63) is 46.0 Å². The summed E-state index contributed by atoms with van der Waals surface area (Å²) in [6.45, 7) is 17.5. The maximum atomic E-state index is 14.4. The molecular weight excluding hydrogens is 566 g/mol. The van der Waals surface area contributed by atoms with Crippen LogP contribution in [0.25, 0.3) is 0 Å². The molecule has 5 aliphatic carbocycles. The van der Waals surface area contributed by atoms with Gasteiger partial charge >= 0.3 is 0 Å². The van der Waals surface area contributed by atoms with Crippen LogP contribution in [-0.4, -0.2) is 29.3 Å². The minimum absolute atomic E-state index is 0.0495. The highest BCUT2D eigenvalue weighted by molar-refractivity contribution is 6.30. The molecule has 2 N–H and O–H groups in total. The smallest absolute Gasteiger partial charge is 0.160 e. The van der Waals surface area contributed by atoms with Crippen LogP contribution in [0.3, 0.4) is 0 Å². The quantitative estimate of drug-likeness (QED) is 0.320. The average molecular weight is 622 g/mol. The molecule has 4 nitrogen and oxygen atoms in total. The number of hydrogen-bond acceptors (Lipinski definition) is 4. The van der Waals surface area contributed by atoms with Gasteiger partial charge in [-0.1, -0.05) is 72.2 Å². The van der Waals surface area contributed by atoms with Gasteiger partial charge in [-0.05, 0) is 132 Å². The maximum Gasteiger partial charge on any atom is 0.160 e. The number of aliphatic hydroxyl groups excluding tert-OH is 1. The van der Waals surface area contributed by atoms with E-state index in [-0.39, 0.29) is 52.3 Å². The van der Waals surface area contributed by atoms with Gasteiger partial charge in [-0.2, -0.15) is 0 Å². The molecule has 0 heterocycles. The molecule has 0 aromatic heterocycles. The van der Waals surface area contributed by atoms with Crippen molar-refractivity contribution in [3.8, 4) is 0 Å². The number of carbonyl (C=O) groups is 2. The van der Waals surface area contributed by atoms with Crippen LogP contribution in [0.2, 0.25) is 5.02 Å². The summed E-state index contributed by atoms with van der Waals surface area (Å²) in [5.41, 5.74) is 3.09. The Morgan fingerprint density at radius 3 is 2.32 bits per heavy atom. The van der Waals surface area contributed by atoms with Crippen LogP contribution >= 0.6 is 11.6 Å². The number of aliphatic hydroxyl groups is 1. The predicted molar refractivity (Wildman–Crippen MR) is 178 cm³/mol. The van der Waals surface area contributed by atoms with Gasteiger partial charge in [0.15, 0.2) is 11.6 Å². The van der Waals surface area contributed by atoms with Crippen LogP contribution in [0.4, 0.5) is 0 Å². The third kappa shape index (κ3) is 4.66. The molecule has 0 aliphatic heterocycles. The molecule has 0 spiro atoms. The van der Waals surface area contributed by atoms with Gasteiger partial charge in [0.25, 0.3) is 0 Å². The second-order valence-corrected chi connectivity index (χ2v) is 17.3. The van der Waals surface area contributed by atoms with Gasteiger partial charge in [0, 0.05) is 18.0 Å². The first-order valence-corrected chi connectivity index (χ1v) is 18.0. The van der Waals surface area contributed by atoms with E-state index in [4.69, 9.17) is 11.6 Å². The second-order valence-electron chi connectivity index (χ2n) is 16.9. The Balaban J connectivity index is 1.32. The molecule has 4 fully saturated rings. The zero-order valence-corrected chi connectivity index (χ0v) is 29.0. The van der Waals surface area contributed by atoms with Crippen molar-refractivity contribution < 1.29 is 14.7 Å². The van der Waals surface area contributed by atoms with E-state index < -0.39 is 5.41 Å². The number of nitrogens with one attached hydrogen (secondary N) is 1. The third-order valence-electron chi connectivity index (χ3n) is 14.5. The summed E-state index contributed by atoms with van der Waals surface area (Å²) in [7, 11) is 0. The molecule has 4 saturated carbocycles. The maximum absolute atomic E-state index is 14.4. The Bertz CT molecular complexity index is 1330. The number of allylic oxidation sites excluding steroid dienone is 2. The summed E-state index contributed by atoms with van der Waals surface area (Å²) < 4.78 is 0. The largest absolute Gasteiger partial charge is 0.393 e. The number of rotatable bonds is 7. The number of Topliss-reactive ketones (excluding diaryl/α,β-unsaturated/α-hetero) is 2. The lowest BCUT2D eigenvalue weighted by Gasteiger charge is -2.71. The fourth-order valence-electron chi connectivity index (χ4n) is 12.3. The first-order valence-electron chi connectivity index (χ1n) is 17.6. The molecule has 0 amide bonds. The van der Waals surface area contributed by atoms with Gasteiger partial charge in [-0.3, -0.25) is 9.59 Å². The second kappa shape index (κ2) is 11.3. The minimum Gasteiger partial charge on any atom is -0.393 e. The van der Waals surface area contributed by atoms with Crippen LogP contribution in [0.15, 0.2) is 35.4 Å². The summed E-state index contributed by atoms with van der Waals surface area (Å²) in [5, 5.41) is 15.3. The van der Waals surface area contributed by atoms with Crippen molar-refractivity contribution in [2.75, 3.05) is 6.54 Å². The lowest BCUT2D eigenvalue weighted by Crippen LogP contribution is -2.65. The van der Waals surface area contributed by atoms with Crippen molar-refractivity contribution in [2.45, 2.75) is 119 Å². The van der Waals surface area contributed by atoms with Crippen molar-refractivity contribution >= 4 is 23.2 Å². The molecule has 5 heteroatoms. The van der Waals surface area contributed by atoms with Crippen LogP contribution in [0.1, 0.15) is 112 Å². The standard InChI is InChI=1S/C39H56ClNO3/c1-23(2)33-27-14-17-38(7)31(36(27,5)16-15-29(33)42)13-12-28-35-34(24(3)4)30(43)20-39(35,19-18-37(28,38)6)32(44)22-41-21-25-8-10-26(40)11-9-25/h8-11,23-24,27-29,31,33,41-42H,12-22H2,1-7H3/t27-,28+,29-,31+,33?,36-,37+,38+,39-/m0/s1. The van der Waals surface area contributed by atoms with Crippen LogP contribution in [-0.2, 0) is 16.1 Å². The zero-order valence-electron chi connectivity index (χ0n) is 28.3. The first kappa shape index (κ1) is 32.5.